The first kappa shape index (κ1) is 16.5. The fourth-order valence-corrected chi connectivity index (χ4v) is 1.81. The van der Waals surface area contributed by atoms with Gasteiger partial charge in [-0.15, -0.1) is 0 Å². The molecule has 20 heavy (non-hydrogen) atoms. The number of hydrogen-bond acceptors (Lipinski definition) is 4. The molecule has 0 saturated carbocycles. The molecule has 0 heterocycles. The molecule has 0 saturated heterocycles. The van der Waals surface area contributed by atoms with Crippen LogP contribution in [0.4, 0.5) is 0 Å². The minimum atomic E-state index is -0.428. The summed E-state index contributed by atoms with van der Waals surface area (Å²) in [5.74, 6) is 0.940. The minimum absolute atomic E-state index is 0.272. The highest BCUT2D eigenvalue weighted by atomic mass is 16.5. The van der Waals surface area contributed by atoms with Crippen molar-refractivity contribution in [2.45, 2.75) is 39.2 Å². The number of esters is 1. The Labute approximate surface area is 121 Å². The summed E-state index contributed by atoms with van der Waals surface area (Å²) in [6.07, 6.45) is 0.955. The predicted molar refractivity (Wildman–Crippen MR) is 80.1 cm³/mol. The molecule has 1 atom stereocenters. The van der Waals surface area contributed by atoms with Gasteiger partial charge in [0.25, 0.3) is 0 Å². The summed E-state index contributed by atoms with van der Waals surface area (Å²) >= 11 is 0. The van der Waals surface area contributed by atoms with E-state index in [2.05, 4.69) is 25.2 Å². The maximum absolute atomic E-state index is 11.6. The van der Waals surface area contributed by atoms with Crippen LogP contribution in [0.1, 0.15) is 38.7 Å². The van der Waals surface area contributed by atoms with E-state index in [9.17, 15) is 4.79 Å². The van der Waals surface area contributed by atoms with Crippen molar-refractivity contribution in [3.05, 3.63) is 29.8 Å². The van der Waals surface area contributed by atoms with E-state index in [1.165, 1.54) is 12.7 Å². The van der Waals surface area contributed by atoms with Gasteiger partial charge in [-0.1, -0.05) is 32.9 Å². The van der Waals surface area contributed by atoms with Gasteiger partial charge >= 0.3 is 5.97 Å². The van der Waals surface area contributed by atoms with Gasteiger partial charge in [-0.2, -0.15) is 0 Å². The van der Waals surface area contributed by atoms with Crippen molar-refractivity contribution < 1.29 is 14.3 Å². The molecule has 0 aliphatic rings. The van der Waals surface area contributed by atoms with Gasteiger partial charge in [-0.3, -0.25) is 4.79 Å². The van der Waals surface area contributed by atoms with Gasteiger partial charge in [-0.25, -0.2) is 0 Å². The molecule has 1 aromatic rings. The maximum Gasteiger partial charge on any atom is 0.326 e. The van der Waals surface area contributed by atoms with Crippen LogP contribution < -0.4 is 10.1 Å². The third-order valence-electron chi connectivity index (χ3n) is 3.07. The number of methoxy groups -OCH3 is 1. The summed E-state index contributed by atoms with van der Waals surface area (Å²) in [4.78, 5) is 11.6. The van der Waals surface area contributed by atoms with Crippen LogP contribution >= 0.6 is 0 Å². The number of nitrogens with one attached hydrogen (secondary N) is 1. The maximum atomic E-state index is 11.6. The van der Waals surface area contributed by atoms with Crippen LogP contribution in [0.2, 0.25) is 0 Å². The van der Waals surface area contributed by atoms with Gasteiger partial charge in [0.15, 0.2) is 0 Å². The number of rotatable bonds is 8. The van der Waals surface area contributed by atoms with Gasteiger partial charge < -0.3 is 14.8 Å². The van der Waals surface area contributed by atoms with Crippen LogP contribution in [-0.4, -0.2) is 32.3 Å². The van der Waals surface area contributed by atoms with E-state index >= 15 is 0 Å². The van der Waals surface area contributed by atoms with Crippen molar-refractivity contribution >= 4 is 5.97 Å². The zero-order valence-electron chi connectivity index (χ0n) is 12.8. The molecule has 0 bridgehead atoms. The Hall–Kier alpha value is -1.55. The second-order valence-electron chi connectivity index (χ2n) is 5.07. The summed E-state index contributed by atoms with van der Waals surface area (Å²) in [5, 5.41) is 3.13. The second-order valence-corrected chi connectivity index (χ2v) is 5.07. The van der Waals surface area contributed by atoms with Crippen molar-refractivity contribution in [1.82, 2.24) is 5.32 Å². The zero-order valence-corrected chi connectivity index (χ0v) is 12.8. The molecule has 1 aromatic carbocycles. The summed E-state index contributed by atoms with van der Waals surface area (Å²) in [6.45, 7) is 7.36. The lowest BCUT2D eigenvalue weighted by Gasteiger charge is -2.17. The van der Waals surface area contributed by atoms with Gasteiger partial charge in [0, 0.05) is 0 Å². The molecule has 0 fully saturated rings. The topological polar surface area (TPSA) is 47.6 Å². The number of carbonyl (C=O) groups is 1. The lowest BCUT2D eigenvalue weighted by molar-refractivity contribution is -0.143. The number of hydrogen-bond donors (Lipinski definition) is 1. The molecule has 0 spiro atoms. The molecule has 4 nitrogen and oxygen atoms in total. The van der Waals surface area contributed by atoms with Gasteiger partial charge in [-0.05, 0) is 36.6 Å². The highest BCUT2D eigenvalue weighted by Gasteiger charge is 2.19. The Bertz CT molecular complexity index is 418. The molecular formula is C16H25NO3. The first-order valence-corrected chi connectivity index (χ1v) is 7.12. The quantitative estimate of drug-likeness (QED) is 0.743. The van der Waals surface area contributed by atoms with Gasteiger partial charge in [0.2, 0.25) is 0 Å². The second kappa shape index (κ2) is 8.59. The Kier molecular flexibility index (Phi) is 7.09. The van der Waals surface area contributed by atoms with E-state index in [1.807, 2.05) is 25.1 Å². The highest BCUT2D eigenvalue weighted by Crippen LogP contribution is 2.20. The monoisotopic (exact) mass is 279 g/mol. The Morgan fingerprint density at radius 2 is 2.10 bits per heavy atom. The summed E-state index contributed by atoms with van der Waals surface area (Å²) in [6, 6.07) is 7.53. The average molecular weight is 279 g/mol. The van der Waals surface area contributed by atoms with E-state index in [-0.39, 0.29) is 12.6 Å². The number of carbonyl (C=O) groups excluding carboxylic acids is 1. The molecule has 1 N–H and O–H groups in total. The highest BCUT2D eigenvalue weighted by molar-refractivity contribution is 5.75. The smallest absolute Gasteiger partial charge is 0.326 e. The van der Waals surface area contributed by atoms with E-state index in [0.29, 0.717) is 5.92 Å². The molecule has 0 aliphatic heterocycles. The van der Waals surface area contributed by atoms with Crippen molar-refractivity contribution in [1.29, 1.82) is 0 Å². The third-order valence-corrected chi connectivity index (χ3v) is 3.07. The van der Waals surface area contributed by atoms with Crippen molar-refractivity contribution in [2.75, 3.05) is 20.3 Å². The standard InChI is InChI=1S/C16H25NO3/c1-5-9-17-15(16(18)19-4)11-20-14-8-6-7-13(10-14)12(2)3/h6-8,10,12,15,17H,5,9,11H2,1-4H3. The molecule has 0 aliphatic carbocycles. The molecule has 1 unspecified atom stereocenters. The van der Waals surface area contributed by atoms with Crippen molar-refractivity contribution in [2.24, 2.45) is 0 Å². The minimum Gasteiger partial charge on any atom is -0.491 e. The number of ether oxygens (including phenoxy) is 2. The Morgan fingerprint density at radius 1 is 1.35 bits per heavy atom. The SMILES string of the molecule is CCCNC(COc1cccc(C(C)C)c1)C(=O)OC. The van der Waals surface area contributed by atoms with Crippen LogP contribution in [0, 0.1) is 0 Å². The van der Waals surface area contributed by atoms with Crippen LogP contribution in [0.3, 0.4) is 0 Å². The Balaban J connectivity index is 2.62. The van der Waals surface area contributed by atoms with Crippen LogP contribution in [0.25, 0.3) is 0 Å². The zero-order chi connectivity index (χ0) is 15.0. The fourth-order valence-electron chi connectivity index (χ4n) is 1.81. The molecule has 1 rings (SSSR count). The molecule has 4 heteroatoms. The van der Waals surface area contributed by atoms with Crippen LogP contribution in [-0.2, 0) is 9.53 Å². The predicted octanol–water partition coefficient (Wildman–Crippen LogP) is 2.73. The fraction of sp³-hybridized carbons (Fsp3) is 0.562. The number of benzene rings is 1. The van der Waals surface area contributed by atoms with Crippen LogP contribution in [0.15, 0.2) is 24.3 Å². The summed E-state index contributed by atoms with van der Waals surface area (Å²) in [7, 11) is 1.39. The summed E-state index contributed by atoms with van der Waals surface area (Å²) in [5.41, 5.74) is 1.22. The van der Waals surface area contributed by atoms with Gasteiger partial charge in [0.05, 0.1) is 7.11 Å². The van der Waals surface area contributed by atoms with E-state index < -0.39 is 6.04 Å². The lowest BCUT2D eigenvalue weighted by atomic mass is 10.0. The molecule has 112 valence electrons. The van der Waals surface area contributed by atoms with E-state index in [1.54, 1.807) is 0 Å². The van der Waals surface area contributed by atoms with E-state index in [0.717, 1.165) is 18.7 Å². The Morgan fingerprint density at radius 3 is 2.70 bits per heavy atom. The van der Waals surface area contributed by atoms with Gasteiger partial charge in [0.1, 0.15) is 18.4 Å². The first-order chi connectivity index (χ1) is 9.58. The van der Waals surface area contributed by atoms with Crippen molar-refractivity contribution in [3.8, 4) is 5.75 Å². The normalized spacial score (nSPS) is 12.2. The lowest BCUT2D eigenvalue weighted by Crippen LogP contribution is -2.42. The molecular weight excluding hydrogens is 254 g/mol. The summed E-state index contributed by atoms with van der Waals surface area (Å²) < 4.78 is 10.5. The first-order valence-electron chi connectivity index (χ1n) is 7.12. The van der Waals surface area contributed by atoms with E-state index in [4.69, 9.17) is 9.47 Å². The van der Waals surface area contributed by atoms with Crippen molar-refractivity contribution in [3.63, 3.8) is 0 Å². The molecule has 0 amide bonds. The molecule has 0 aromatic heterocycles. The van der Waals surface area contributed by atoms with Crippen LogP contribution in [0.5, 0.6) is 5.75 Å². The average Bonchev–Trinajstić information content (AvgIpc) is 2.47. The molecule has 0 radical (unpaired) electrons. The largest absolute Gasteiger partial charge is 0.491 e. The third kappa shape index (κ3) is 5.21.